The molecule has 1 aliphatic heterocycles. The van der Waals surface area contributed by atoms with Gasteiger partial charge in [-0.25, -0.2) is 0 Å². The highest BCUT2D eigenvalue weighted by Gasteiger charge is 2.32. The van der Waals surface area contributed by atoms with Crippen LogP contribution in [0.1, 0.15) is 32.3 Å². The van der Waals surface area contributed by atoms with E-state index in [1.54, 1.807) is 0 Å². The molecule has 2 rings (SSSR count). The van der Waals surface area contributed by atoms with E-state index >= 15 is 0 Å². The second-order valence-electron chi connectivity index (χ2n) is 5.91. The Hall–Kier alpha value is -1.55. The number of amides is 1. The quantitative estimate of drug-likeness (QED) is 0.821. The molecule has 0 saturated carbocycles. The number of rotatable bonds is 3. The Morgan fingerprint density at radius 1 is 1.47 bits per heavy atom. The van der Waals surface area contributed by atoms with Gasteiger partial charge in [-0.2, -0.15) is 0 Å². The number of nitrogen functional groups attached to an aromatic ring is 1. The predicted molar refractivity (Wildman–Crippen MR) is 79.1 cm³/mol. The molecule has 4 heteroatoms. The third-order valence-electron chi connectivity index (χ3n) is 4.06. The van der Waals surface area contributed by atoms with E-state index in [0.717, 1.165) is 30.6 Å². The Kier molecular flexibility index (Phi) is 3.80. The first kappa shape index (κ1) is 13.9. The van der Waals surface area contributed by atoms with Gasteiger partial charge >= 0.3 is 0 Å². The van der Waals surface area contributed by atoms with Crippen LogP contribution in [0.5, 0.6) is 0 Å². The first-order valence-corrected chi connectivity index (χ1v) is 6.80. The SMILES string of the molecule is Cc1c(N)cccc1NC(=O)CN1CCCC1(C)C. The number of nitrogens with zero attached hydrogens (tertiary/aromatic N) is 1. The molecule has 1 heterocycles. The molecule has 0 radical (unpaired) electrons. The van der Waals surface area contributed by atoms with Gasteiger partial charge in [-0.15, -0.1) is 0 Å². The Balaban J connectivity index is 2.00. The maximum Gasteiger partial charge on any atom is 0.238 e. The summed E-state index contributed by atoms with van der Waals surface area (Å²) in [5, 5.41) is 2.96. The maximum atomic E-state index is 12.1. The van der Waals surface area contributed by atoms with Gasteiger partial charge in [0, 0.05) is 16.9 Å². The van der Waals surface area contributed by atoms with Gasteiger partial charge in [-0.1, -0.05) is 6.07 Å². The zero-order valence-electron chi connectivity index (χ0n) is 12.0. The zero-order valence-corrected chi connectivity index (χ0v) is 12.0. The molecule has 1 amide bonds. The molecule has 1 fully saturated rings. The second kappa shape index (κ2) is 5.21. The van der Waals surface area contributed by atoms with E-state index in [1.165, 1.54) is 0 Å². The van der Waals surface area contributed by atoms with Crippen LogP contribution in [-0.2, 0) is 4.79 Å². The molecule has 0 unspecified atom stereocenters. The molecule has 0 aliphatic carbocycles. The van der Waals surface area contributed by atoms with Gasteiger partial charge in [0.05, 0.1) is 6.54 Å². The van der Waals surface area contributed by atoms with Gasteiger partial charge in [-0.05, 0) is 57.9 Å². The molecule has 0 aromatic heterocycles. The minimum atomic E-state index is 0.0312. The van der Waals surface area contributed by atoms with Crippen LogP contribution >= 0.6 is 0 Å². The van der Waals surface area contributed by atoms with Crippen molar-refractivity contribution in [3.05, 3.63) is 23.8 Å². The first-order valence-electron chi connectivity index (χ1n) is 6.80. The fraction of sp³-hybridized carbons (Fsp3) is 0.533. The molecule has 1 aliphatic rings. The minimum absolute atomic E-state index is 0.0312. The lowest BCUT2D eigenvalue weighted by Gasteiger charge is -2.30. The minimum Gasteiger partial charge on any atom is -0.398 e. The van der Waals surface area contributed by atoms with Crippen molar-refractivity contribution >= 4 is 17.3 Å². The van der Waals surface area contributed by atoms with Crippen LogP contribution in [0.25, 0.3) is 0 Å². The number of benzene rings is 1. The van der Waals surface area contributed by atoms with E-state index in [4.69, 9.17) is 5.73 Å². The van der Waals surface area contributed by atoms with Crippen molar-refractivity contribution in [2.75, 3.05) is 24.1 Å². The number of anilines is 2. The topological polar surface area (TPSA) is 58.4 Å². The van der Waals surface area contributed by atoms with Gasteiger partial charge in [0.25, 0.3) is 0 Å². The van der Waals surface area contributed by atoms with E-state index in [2.05, 4.69) is 24.1 Å². The monoisotopic (exact) mass is 261 g/mol. The van der Waals surface area contributed by atoms with Crippen LogP contribution < -0.4 is 11.1 Å². The number of nitrogens with two attached hydrogens (primary N) is 1. The summed E-state index contributed by atoms with van der Waals surface area (Å²) in [6, 6.07) is 5.59. The second-order valence-corrected chi connectivity index (χ2v) is 5.91. The van der Waals surface area contributed by atoms with Crippen LogP contribution in [-0.4, -0.2) is 29.4 Å². The maximum absolute atomic E-state index is 12.1. The molecule has 0 bridgehead atoms. The average Bonchev–Trinajstić information content (AvgIpc) is 2.65. The van der Waals surface area contributed by atoms with Crippen molar-refractivity contribution in [2.45, 2.75) is 39.2 Å². The average molecular weight is 261 g/mol. The van der Waals surface area contributed by atoms with Gasteiger partial charge in [0.15, 0.2) is 0 Å². The molecule has 4 nitrogen and oxygen atoms in total. The summed E-state index contributed by atoms with van der Waals surface area (Å²) in [5.41, 5.74) is 8.41. The van der Waals surface area contributed by atoms with Crippen LogP contribution in [0.3, 0.4) is 0 Å². The van der Waals surface area contributed by atoms with Gasteiger partial charge < -0.3 is 11.1 Å². The normalized spacial score (nSPS) is 18.5. The van der Waals surface area contributed by atoms with Crippen molar-refractivity contribution in [1.82, 2.24) is 4.90 Å². The lowest BCUT2D eigenvalue weighted by molar-refractivity contribution is -0.118. The molecular formula is C15H23N3O. The number of likely N-dealkylation sites (tertiary alicyclic amines) is 1. The number of carbonyl (C=O) groups is 1. The van der Waals surface area contributed by atoms with Crippen molar-refractivity contribution in [2.24, 2.45) is 0 Å². The molecule has 1 aromatic rings. The standard InChI is InChI=1S/C15H23N3O/c1-11-12(16)6-4-7-13(11)17-14(19)10-18-9-5-8-15(18,2)3/h4,6-7H,5,8-10,16H2,1-3H3,(H,17,19). The van der Waals surface area contributed by atoms with Gasteiger partial charge in [-0.3, -0.25) is 9.69 Å². The van der Waals surface area contributed by atoms with Crippen molar-refractivity contribution in [3.8, 4) is 0 Å². The molecular weight excluding hydrogens is 238 g/mol. The highest BCUT2D eigenvalue weighted by Crippen LogP contribution is 2.28. The van der Waals surface area contributed by atoms with Crippen molar-refractivity contribution in [3.63, 3.8) is 0 Å². The molecule has 3 N–H and O–H groups in total. The molecule has 0 spiro atoms. The van der Waals surface area contributed by atoms with Crippen LogP contribution in [0.4, 0.5) is 11.4 Å². The predicted octanol–water partition coefficient (Wildman–Crippen LogP) is 2.39. The van der Waals surface area contributed by atoms with E-state index in [9.17, 15) is 4.79 Å². The summed E-state index contributed by atoms with van der Waals surface area (Å²) in [5.74, 6) is 0.0312. The smallest absolute Gasteiger partial charge is 0.238 e. The van der Waals surface area contributed by atoms with Gasteiger partial charge in [0.1, 0.15) is 0 Å². The number of hydrogen-bond acceptors (Lipinski definition) is 3. The lowest BCUT2D eigenvalue weighted by Crippen LogP contribution is -2.43. The lowest BCUT2D eigenvalue weighted by atomic mass is 10.0. The fourth-order valence-corrected chi connectivity index (χ4v) is 2.61. The molecule has 0 atom stereocenters. The number of nitrogens with one attached hydrogen (secondary N) is 1. The summed E-state index contributed by atoms with van der Waals surface area (Å²) in [4.78, 5) is 14.4. The van der Waals surface area contributed by atoms with E-state index in [1.807, 2.05) is 25.1 Å². The number of hydrogen-bond donors (Lipinski definition) is 2. The zero-order chi connectivity index (χ0) is 14.0. The Morgan fingerprint density at radius 3 is 2.84 bits per heavy atom. The molecule has 19 heavy (non-hydrogen) atoms. The van der Waals surface area contributed by atoms with E-state index in [-0.39, 0.29) is 11.4 Å². The van der Waals surface area contributed by atoms with E-state index in [0.29, 0.717) is 12.2 Å². The Bertz CT molecular complexity index is 482. The summed E-state index contributed by atoms with van der Waals surface area (Å²) in [6.07, 6.45) is 2.31. The summed E-state index contributed by atoms with van der Waals surface area (Å²) < 4.78 is 0. The van der Waals surface area contributed by atoms with Crippen LogP contribution in [0.15, 0.2) is 18.2 Å². The van der Waals surface area contributed by atoms with Crippen LogP contribution in [0.2, 0.25) is 0 Å². The summed E-state index contributed by atoms with van der Waals surface area (Å²) in [7, 11) is 0. The highest BCUT2D eigenvalue weighted by atomic mass is 16.2. The molecule has 104 valence electrons. The fourth-order valence-electron chi connectivity index (χ4n) is 2.61. The Labute approximate surface area is 115 Å². The van der Waals surface area contributed by atoms with Gasteiger partial charge in [0.2, 0.25) is 5.91 Å². The van der Waals surface area contributed by atoms with Crippen LogP contribution in [0, 0.1) is 6.92 Å². The molecule has 1 aromatic carbocycles. The van der Waals surface area contributed by atoms with E-state index < -0.39 is 0 Å². The molecule has 1 saturated heterocycles. The Morgan fingerprint density at radius 2 is 2.21 bits per heavy atom. The largest absolute Gasteiger partial charge is 0.398 e. The van der Waals surface area contributed by atoms with Crippen molar-refractivity contribution in [1.29, 1.82) is 0 Å². The third kappa shape index (κ3) is 3.07. The van der Waals surface area contributed by atoms with Crippen molar-refractivity contribution < 1.29 is 4.79 Å². The summed E-state index contributed by atoms with van der Waals surface area (Å²) in [6.45, 7) is 7.75. The first-order chi connectivity index (χ1) is 8.90. The summed E-state index contributed by atoms with van der Waals surface area (Å²) >= 11 is 0. The number of carbonyl (C=O) groups excluding carboxylic acids is 1. The third-order valence-corrected chi connectivity index (χ3v) is 4.06. The highest BCUT2D eigenvalue weighted by molar-refractivity contribution is 5.93.